The molecule has 1 aliphatic rings. The number of carbonyl (C=O) groups excluding carboxylic acids is 2. The van der Waals surface area contributed by atoms with Crippen LogP contribution in [0.25, 0.3) is 0 Å². The van der Waals surface area contributed by atoms with E-state index in [2.05, 4.69) is 20.1 Å². The quantitative estimate of drug-likeness (QED) is 0.569. The fraction of sp³-hybridized carbons (Fsp3) is 0.571. The topological polar surface area (TPSA) is 52.6 Å². The van der Waals surface area contributed by atoms with Crippen molar-refractivity contribution in [1.82, 2.24) is 0 Å². The molecule has 1 rings (SSSR count). The van der Waals surface area contributed by atoms with E-state index >= 15 is 0 Å². The van der Waals surface area contributed by atoms with Gasteiger partial charge < -0.3 is 9.47 Å². The molecule has 1 saturated carbocycles. The fourth-order valence-electron chi connectivity index (χ4n) is 2.18. The first-order valence-corrected chi connectivity index (χ1v) is 6.09. The second-order valence-corrected chi connectivity index (χ2v) is 4.95. The first kappa shape index (κ1) is 14.5. The van der Waals surface area contributed by atoms with Gasteiger partial charge >= 0.3 is 11.9 Å². The molecule has 1 fully saturated rings. The zero-order valence-electron chi connectivity index (χ0n) is 11.0. The molecule has 0 heterocycles. The molecule has 0 aromatic heterocycles. The summed E-state index contributed by atoms with van der Waals surface area (Å²) < 4.78 is 10.7. The molecule has 4 nitrogen and oxygen atoms in total. The summed E-state index contributed by atoms with van der Waals surface area (Å²) in [5, 5.41) is 0. The van der Waals surface area contributed by atoms with Crippen molar-refractivity contribution in [2.45, 2.75) is 44.8 Å². The van der Waals surface area contributed by atoms with Crippen molar-refractivity contribution in [3.8, 4) is 0 Å². The highest BCUT2D eigenvalue weighted by Crippen LogP contribution is 2.37. The highest BCUT2D eigenvalue weighted by molar-refractivity contribution is 5.82. The average molecular weight is 252 g/mol. The summed E-state index contributed by atoms with van der Waals surface area (Å²) in [5.41, 5.74) is -0.781. The van der Waals surface area contributed by atoms with Gasteiger partial charge in [-0.05, 0) is 32.1 Å². The Bertz CT molecular complexity index is 361. The Balaban J connectivity index is 2.83. The minimum atomic E-state index is -0.781. The average Bonchev–Trinajstić information content (AvgIpc) is 2.34. The summed E-state index contributed by atoms with van der Waals surface area (Å²) in [6, 6.07) is 0. The predicted octanol–water partition coefficient (Wildman–Crippen LogP) is 2.39. The monoisotopic (exact) mass is 252 g/mol. The van der Waals surface area contributed by atoms with Crippen LogP contribution in [0.3, 0.4) is 0 Å². The van der Waals surface area contributed by atoms with Crippen LogP contribution in [0, 0.1) is 5.92 Å². The van der Waals surface area contributed by atoms with Gasteiger partial charge in [0.1, 0.15) is 11.7 Å². The number of hydrogen-bond donors (Lipinski definition) is 0. The van der Waals surface area contributed by atoms with Crippen LogP contribution in [0.1, 0.15) is 33.1 Å². The molecule has 4 heteroatoms. The van der Waals surface area contributed by atoms with E-state index in [0.717, 1.165) is 18.6 Å². The third-order valence-electron chi connectivity index (χ3n) is 3.36. The van der Waals surface area contributed by atoms with Gasteiger partial charge in [0, 0.05) is 12.2 Å². The second-order valence-electron chi connectivity index (χ2n) is 4.95. The van der Waals surface area contributed by atoms with E-state index in [1.54, 1.807) is 6.92 Å². The Morgan fingerprint density at radius 1 is 1.28 bits per heavy atom. The first-order chi connectivity index (χ1) is 8.41. The van der Waals surface area contributed by atoms with Gasteiger partial charge in [0.15, 0.2) is 0 Å². The molecule has 18 heavy (non-hydrogen) atoms. The summed E-state index contributed by atoms with van der Waals surface area (Å²) in [7, 11) is 0. The van der Waals surface area contributed by atoms with E-state index in [1.165, 1.54) is 0 Å². The van der Waals surface area contributed by atoms with Crippen LogP contribution in [-0.4, -0.2) is 23.6 Å². The SMILES string of the molecule is C=CC(=O)OC1CC(C)CCC1(C)OC(=O)C=C. The van der Waals surface area contributed by atoms with E-state index < -0.39 is 23.6 Å². The maximum absolute atomic E-state index is 11.4. The van der Waals surface area contributed by atoms with E-state index in [9.17, 15) is 9.59 Å². The van der Waals surface area contributed by atoms with Crippen molar-refractivity contribution in [2.24, 2.45) is 5.92 Å². The Morgan fingerprint density at radius 3 is 2.44 bits per heavy atom. The lowest BCUT2D eigenvalue weighted by Gasteiger charge is -2.41. The molecule has 0 aromatic rings. The number of rotatable bonds is 4. The van der Waals surface area contributed by atoms with Crippen molar-refractivity contribution in [2.75, 3.05) is 0 Å². The molecule has 1 aliphatic carbocycles. The van der Waals surface area contributed by atoms with Gasteiger partial charge in [-0.15, -0.1) is 0 Å². The zero-order valence-corrected chi connectivity index (χ0v) is 11.0. The molecule has 0 aliphatic heterocycles. The van der Waals surface area contributed by atoms with Crippen molar-refractivity contribution < 1.29 is 19.1 Å². The lowest BCUT2D eigenvalue weighted by molar-refractivity contribution is -0.186. The molecule has 100 valence electrons. The van der Waals surface area contributed by atoms with Crippen molar-refractivity contribution >= 4 is 11.9 Å². The van der Waals surface area contributed by atoms with E-state index in [1.807, 2.05) is 0 Å². The molecule has 0 N–H and O–H groups in total. The van der Waals surface area contributed by atoms with Crippen LogP contribution in [0.2, 0.25) is 0 Å². The molecule has 0 saturated heterocycles. The number of ether oxygens (including phenoxy) is 2. The summed E-state index contributed by atoms with van der Waals surface area (Å²) in [6.45, 7) is 10.6. The number of hydrogen-bond acceptors (Lipinski definition) is 4. The Hall–Kier alpha value is -1.58. The smallest absolute Gasteiger partial charge is 0.330 e. The van der Waals surface area contributed by atoms with Crippen LogP contribution in [0.4, 0.5) is 0 Å². The maximum Gasteiger partial charge on any atom is 0.330 e. The predicted molar refractivity (Wildman–Crippen MR) is 67.8 cm³/mol. The zero-order chi connectivity index (χ0) is 13.8. The minimum Gasteiger partial charge on any atom is -0.455 e. The minimum absolute atomic E-state index is 0.433. The van der Waals surface area contributed by atoms with E-state index in [0.29, 0.717) is 18.8 Å². The standard InChI is InChI=1S/C14H20O4/c1-5-12(15)17-11-9-10(3)7-8-14(11,4)18-13(16)6-2/h5-6,10-11H,1-2,7-9H2,3-4H3. The highest BCUT2D eigenvalue weighted by Gasteiger charge is 2.44. The molecular weight excluding hydrogens is 232 g/mol. The van der Waals surface area contributed by atoms with Crippen LogP contribution >= 0.6 is 0 Å². The normalized spacial score (nSPS) is 31.2. The Kier molecular flexibility index (Phi) is 4.70. The van der Waals surface area contributed by atoms with Gasteiger partial charge in [-0.25, -0.2) is 9.59 Å². The summed E-state index contributed by atoms with van der Waals surface area (Å²) in [5.74, 6) is -0.551. The highest BCUT2D eigenvalue weighted by atomic mass is 16.6. The fourth-order valence-corrected chi connectivity index (χ4v) is 2.18. The van der Waals surface area contributed by atoms with Gasteiger partial charge in [-0.1, -0.05) is 20.1 Å². The van der Waals surface area contributed by atoms with Crippen molar-refractivity contribution in [1.29, 1.82) is 0 Å². The maximum atomic E-state index is 11.4. The van der Waals surface area contributed by atoms with Crippen molar-refractivity contribution in [3.63, 3.8) is 0 Å². The van der Waals surface area contributed by atoms with E-state index in [4.69, 9.17) is 9.47 Å². The van der Waals surface area contributed by atoms with E-state index in [-0.39, 0.29) is 0 Å². The van der Waals surface area contributed by atoms with Gasteiger partial charge in [-0.3, -0.25) is 0 Å². The van der Waals surface area contributed by atoms with Crippen LogP contribution < -0.4 is 0 Å². The Morgan fingerprint density at radius 2 is 1.89 bits per heavy atom. The number of carbonyl (C=O) groups is 2. The Labute approximate surface area is 108 Å². The largest absolute Gasteiger partial charge is 0.455 e. The molecule has 0 spiro atoms. The van der Waals surface area contributed by atoms with Gasteiger partial charge in [0.25, 0.3) is 0 Å². The molecule has 0 aromatic carbocycles. The molecule has 0 bridgehead atoms. The summed E-state index contributed by atoms with van der Waals surface area (Å²) >= 11 is 0. The lowest BCUT2D eigenvalue weighted by atomic mass is 9.78. The summed E-state index contributed by atoms with van der Waals surface area (Å²) in [4.78, 5) is 22.7. The van der Waals surface area contributed by atoms with Crippen LogP contribution in [0.5, 0.6) is 0 Å². The van der Waals surface area contributed by atoms with Crippen LogP contribution in [0.15, 0.2) is 25.3 Å². The molecule has 3 atom stereocenters. The molecule has 0 amide bonds. The molecule has 3 unspecified atom stereocenters. The van der Waals surface area contributed by atoms with Gasteiger partial charge in [0.05, 0.1) is 0 Å². The van der Waals surface area contributed by atoms with Gasteiger partial charge in [0.2, 0.25) is 0 Å². The third kappa shape index (κ3) is 3.45. The lowest BCUT2D eigenvalue weighted by Crippen LogP contribution is -2.49. The summed E-state index contributed by atoms with van der Waals surface area (Å²) in [6.07, 6.45) is 4.09. The van der Waals surface area contributed by atoms with Crippen LogP contribution in [-0.2, 0) is 19.1 Å². The molecular formula is C14H20O4. The second kappa shape index (κ2) is 5.85. The van der Waals surface area contributed by atoms with Crippen molar-refractivity contribution in [3.05, 3.63) is 25.3 Å². The van der Waals surface area contributed by atoms with Gasteiger partial charge in [-0.2, -0.15) is 0 Å². The third-order valence-corrected chi connectivity index (χ3v) is 3.36. The number of esters is 2. The first-order valence-electron chi connectivity index (χ1n) is 6.09. The molecule has 0 radical (unpaired) electrons.